The molecule has 0 saturated heterocycles. The maximum absolute atomic E-state index is 18.5. The van der Waals surface area contributed by atoms with Crippen LogP contribution in [0.15, 0.2) is 102 Å². The molecule has 0 N–H and O–H groups in total. The van der Waals surface area contributed by atoms with Gasteiger partial charge >= 0.3 is 7.26 Å². The third-order valence-corrected chi connectivity index (χ3v) is 13.3. The van der Waals surface area contributed by atoms with E-state index in [9.17, 15) is 0 Å². The van der Waals surface area contributed by atoms with Crippen LogP contribution in [-0.4, -0.2) is 21.9 Å². The van der Waals surface area contributed by atoms with Gasteiger partial charge in [-0.2, -0.15) is 0 Å². The Kier molecular flexibility index (Phi) is 10.3. The minimum absolute atomic E-state index is 0.0982. The predicted molar refractivity (Wildman–Crippen MR) is 223 cm³/mol. The molecule has 2 nitrogen and oxygen atoms in total. The van der Waals surface area contributed by atoms with Gasteiger partial charge in [-0.05, 0) is 60.1 Å². The van der Waals surface area contributed by atoms with Crippen LogP contribution in [0.1, 0.15) is 164 Å². The van der Waals surface area contributed by atoms with Crippen molar-refractivity contribution in [2.45, 2.75) is 141 Å². The zero-order valence-electron chi connectivity index (χ0n) is 32.8. The highest BCUT2D eigenvalue weighted by Crippen LogP contribution is 2.59. The SMILES string of the molecule is CCCCCC1(CCCCC)C2=CC3=C(c4ccccc4)c4cc5c(n4B(F)[N+]3=C2c2ccccc21)-c1ccccc1C5(CCCCC)CCCCC. The summed E-state index contributed by atoms with van der Waals surface area (Å²) >= 11 is 0. The fraction of sp³-hybridized carbons (Fsp3) is 0.449. The second-order valence-corrected chi connectivity index (χ2v) is 16.5. The summed E-state index contributed by atoms with van der Waals surface area (Å²) in [6, 6.07) is 31.4. The molecule has 2 aliphatic heterocycles. The van der Waals surface area contributed by atoms with Crippen molar-refractivity contribution in [3.8, 4) is 11.3 Å². The topological polar surface area (TPSA) is 7.94 Å². The highest BCUT2D eigenvalue weighted by molar-refractivity contribution is 6.45. The van der Waals surface area contributed by atoms with Gasteiger partial charge in [0.1, 0.15) is 0 Å². The first-order valence-corrected chi connectivity index (χ1v) is 21.3. The fourth-order valence-corrected chi connectivity index (χ4v) is 10.8. The van der Waals surface area contributed by atoms with Crippen LogP contribution in [0, 0.1) is 0 Å². The molecule has 3 aromatic carbocycles. The van der Waals surface area contributed by atoms with E-state index < -0.39 is 7.26 Å². The third kappa shape index (κ3) is 5.68. The summed E-state index contributed by atoms with van der Waals surface area (Å²) in [5, 5.41) is 0. The first-order chi connectivity index (χ1) is 26.1. The van der Waals surface area contributed by atoms with Crippen LogP contribution in [0.25, 0.3) is 16.8 Å². The summed E-state index contributed by atoms with van der Waals surface area (Å²) in [6.07, 6.45) is 21.4. The number of allylic oxidation sites excluding steroid dienone is 2. The predicted octanol–water partition coefficient (Wildman–Crippen LogP) is 13.3. The van der Waals surface area contributed by atoms with Crippen molar-refractivity contribution in [3.05, 3.63) is 136 Å². The second kappa shape index (κ2) is 15.1. The molecule has 4 aromatic rings. The van der Waals surface area contributed by atoms with Gasteiger partial charge < -0.3 is 0 Å². The Hall–Kier alpha value is -3.92. The van der Waals surface area contributed by atoms with E-state index in [1.807, 2.05) is 0 Å². The van der Waals surface area contributed by atoms with Gasteiger partial charge in [-0.1, -0.05) is 178 Å². The van der Waals surface area contributed by atoms with E-state index in [0.717, 1.165) is 48.5 Å². The molecule has 8 rings (SSSR count). The first-order valence-electron chi connectivity index (χ1n) is 21.3. The minimum atomic E-state index is -1.34. The Morgan fingerprint density at radius 2 is 1.09 bits per heavy atom. The molecule has 0 spiro atoms. The van der Waals surface area contributed by atoms with E-state index >= 15 is 4.32 Å². The van der Waals surface area contributed by atoms with Gasteiger partial charge in [0.2, 0.25) is 0 Å². The lowest BCUT2D eigenvalue weighted by molar-refractivity contribution is -0.334. The number of nitrogens with zero attached hydrogens (tertiary/aromatic N) is 2. The number of halogens is 1. The molecule has 4 aliphatic rings. The number of aromatic nitrogens is 1. The number of unbranched alkanes of at least 4 members (excludes halogenated alkanes) is 8. The van der Waals surface area contributed by atoms with Crippen LogP contribution in [0.4, 0.5) is 4.32 Å². The Bertz CT molecular complexity index is 2040. The van der Waals surface area contributed by atoms with E-state index in [1.54, 1.807) is 0 Å². The van der Waals surface area contributed by atoms with E-state index in [-0.39, 0.29) is 10.8 Å². The zero-order valence-corrected chi connectivity index (χ0v) is 32.8. The quantitative estimate of drug-likeness (QED) is 0.0763. The van der Waals surface area contributed by atoms with Gasteiger partial charge in [0.05, 0.1) is 11.3 Å². The number of benzene rings is 3. The molecular weight excluding hydrogens is 646 g/mol. The Labute approximate surface area is 319 Å². The molecule has 0 atom stereocenters. The zero-order chi connectivity index (χ0) is 36.6. The molecule has 0 bridgehead atoms. The van der Waals surface area contributed by atoms with E-state index in [2.05, 4.69) is 128 Å². The molecule has 0 amide bonds. The van der Waals surface area contributed by atoms with Gasteiger partial charge in [-0.25, -0.2) is 8.80 Å². The van der Waals surface area contributed by atoms with Crippen molar-refractivity contribution in [3.63, 3.8) is 0 Å². The summed E-state index contributed by atoms with van der Waals surface area (Å²) in [5.74, 6) is 0. The smallest absolute Gasteiger partial charge is 0.285 e. The first kappa shape index (κ1) is 36.1. The maximum Gasteiger partial charge on any atom is 0.847 e. The van der Waals surface area contributed by atoms with E-state index in [1.165, 1.54) is 122 Å². The average molecular weight is 706 g/mol. The van der Waals surface area contributed by atoms with Crippen molar-refractivity contribution >= 4 is 18.5 Å². The van der Waals surface area contributed by atoms with Crippen LogP contribution >= 0.6 is 0 Å². The Morgan fingerprint density at radius 3 is 1.68 bits per heavy atom. The number of rotatable bonds is 17. The summed E-state index contributed by atoms with van der Waals surface area (Å²) in [4.78, 5) is 0. The van der Waals surface area contributed by atoms with E-state index in [0.29, 0.717) is 0 Å². The standard InChI is InChI=1S/C49H59BFN2/c1-5-9-20-30-48(31-21-10-6-2)39-28-18-16-26-37(39)46-41(48)34-43-45(36-24-14-13-15-25-36)44-35-42-47(53(44)50(51)52(43)46)38-27-17-19-29-40(38)49(42,32-22-11-7-3)33-23-12-8-4/h13-19,24-29,34-35H,5-12,20-23,30-33H2,1-4H3/q+1. The normalized spacial score (nSPS) is 17.1. The lowest BCUT2D eigenvalue weighted by Crippen LogP contribution is -2.41. The number of hydrogen-bond acceptors (Lipinski definition) is 0. The van der Waals surface area contributed by atoms with Gasteiger partial charge in [0.25, 0.3) is 0 Å². The largest absolute Gasteiger partial charge is 0.847 e. The molecule has 4 heteroatoms. The molecule has 2 aliphatic carbocycles. The van der Waals surface area contributed by atoms with Crippen LogP contribution in [0.3, 0.4) is 0 Å². The molecule has 0 radical (unpaired) electrons. The van der Waals surface area contributed by atoms with Crippen LogP contribution in [0.5, 0.6) is 0 Å². The van der Waals surface area contributed by atoms with Gasteiger partial charge in [-0.15, -0.1) is 0 Å². The lowest BCUT2D eigenvalue weighted by Gasteiger charge is -2.32. The van der Waals surface area contributed by atoms with Crippen LogP contribution in [-0.2, 0) is 10.8 Å². The summed E-state index contributed by atoms with van der Waals surface area (Å²) < 4.78 is 22.7. The van der Waals surface area contributed by atoms with Crippen molar-refractivity contribution in [1.29, 1.82) is 0 Å². The van der Waals surface area contributed by atoms with Gasteiger partial charge in [0.15, 0.2) is 11.4 Å². The molecular formula is C49H59BFN2+. The summed E-state index contributed by atoms with van der Waals surface area (Å²) in [5.41, 5.74) is 14.5. The highest BCUT2D eigenvalue weighted by Gasteiger charge is 2.60. The fourth-order valence-electron chi connectivity index (χ4n) is 10.8. The van der Waals surface area contributed by atoms with Crippen LogP contribution < -0.4 is 0 Å². The van der Waals surface area contributed by atoms with Crippen LogP contribution in [0.2, 0.25) is 0 Å². The summed E-state index contributed by atoms with van der Waals surface area (Å²) in [6.45, 7) is 9.21. The number of fused-ring (bicyclic) bond motifs is 9. The molecule has 0 unspecified atom stereocenters. The van der Waals surface area contributed by atoms with Crippen molar-refractivity contribution in [2.75, 3.05) is 0 Å². The van der Waals surface area contributed by atoms with Gasteiger partial charge in [-0.3, -0.25) is 4.48 Å². The monoisotopic (exact) mass is 705 g/mol. The van der Waals surface area contributed by atoms with E-state index in [4.69, 9.17) is 0 Å². The third-order valence-electron chi connectivity index (χ3n) is 13.3. The molecule has 0 fully saturated rings. The molecule has 3 heterocycles. The molecule has 274 valence electrons. The van der Waals surface area contributed by atoms with Crippen molar-refractivity contribution in [1.82, 2.24) is 4.48 Å². The Morgan fingerprint density at radius 1 is 0.585 bits per heavy atom. The van der Waals surface area contributed by atoms with Crippen molar-refractivity contribution in [2.24, 2.45) is 0 Å². The second-order valence-electron chi connectivity index (χ2n) is 16.5. The maximum atomic E-state index is 18.5. The molecule has 1 aromatic heterocycles. The highest BCUT2D eigenvalue weighted by atomic mass is 19.1. The average Bonchev–Trinajstić information content (AvgIpc) is 3.91. The molecule has 0 saturated carbocycles. The molecule has 53 heavy (non-hydrogen) atoms. The number of hydrogen-bond donors (Lipinski definition) is 0. The summed E-state index contributed by atoms with van der Waals surface area (Å²) in [7, 11) is -1.34. The minimum Gasteiger partial charge on any atom is -0.285 e. The van der Waals surface area contributed by atoms with Crippen molar-refractivity contribution < 1.29 is 8.80 Å². The Balaban J connectivity index is 1.40. The van der Waals surface area contributed by atoms with Gasteiger partial charge in [0, 0.05) is 39.3 Å². The lowest BCUT2D eigenvalue weighted by atomic mass is 9.70.